The molecule has 0 spiro atoms. The Labute approximate surface area is 150 Å². The molecule has 1 aromatic heterocycles. The molecule has 0 aliphatic carbocycles. The lowest BCUT2D eigenvalue weighted by Crippen LogP contribution is -2.50. The van der Waals surface area contributed by atoms with Crippen LogP contribution in [0.1, 0.15) is 20.7 Å². The van der Waals surface area contributed by atoms with Gasteiger partial charge in [0.15, 0.2) is 0 Å². The fourth-order valence-electron chi connectivity index (χ4n) is 2.79. The standard InChI is InChI=1S/C18H20N2O4S/c1-23-15-9-14(10-16(11-15)24-2)18(22)20-6-4-19(5-7-20)17(21)13-3-8-25-12-13/h3,8-12H,4-7H2,1-2H3. The van der Waals surface area contributed by atoms with E-state index in [4.69, 9.17) is 9.47 Å². The minimum absolute atomic E-state index is 0.0244. The summed E-state index contributed by atoms with van der Waals surface area (Å²) < 4.78 is 10.4. The number of carbonyl (C=O) groups excluding carboxylic acids is 2. The average molecular weight is 360 g/mol. The van der Waals surface area contributed by atoms with E-state index in [9.17, 15) is 9.59 Å². The average Bonchev–Trinajstić information content (AvgIpc) is 3.21. The van der Waals surface area contributed by atoms with Crippen LogP contribution in [0.2, 0.25) is 0 Å². The summed E-state index contributed by atoms with van der Waals surface area (Å²) >= 11 is 1.51. The first-order valence-electron chi connectivity index (χ1n) is 7.96. The number of hydrogen-bond donors (Lipinski definition) is 0. The van der Waals surface area contributed by atoms with Crippen LogP contribution in [-0.2, 0) is 0 Å². The van der Waals surface area contributed by atoms with E-state index in [0.29, 0.717) is 48.8 Å². The number of benzene rings is 1. The van der Waals surface area contributed by atoms with Crippen LogP contribution < -0.4 is 9.47 Å². The lowest BCUT2D eigenvalue weighted by atomic mass is 10.1. The zero-order valence-corrected chi connectivity index (χ0v) is 15.0. The molecule has 0 N–H and O–H groups in total. The summed E-state index contributed by atoms with van der Waals surface area (Å²) in [6, 6.07) is 6.96. The van der Waals surface area contributed by atoms with Crippen LogP contribution in [0.4, 0.5) is 0 Å². The Morgan fingerprint density at radius 3 is 1.84 bits per heavy atom. The first-order valence-corrected chi connectivity index (χ1v) is 8.90. The van der Waals surface area contributed by atoms with Gasteiger partial charge in [0.1, 0.15) is 11.5 Å². The smallest absolute Gasteiger partial charge is 0.254 e. The van der Waals surface area contributed by atoms with Gasteiger partial charge >= 0.3 is 0 Å². The quantitative estimate of drug-likeness (QED) is 0.840. The second-order valence-corrected chi connectivity index (χ2v) is 6.48. The highest BCUT2D eigenvalue weighted by Gasteiger charge is 2.26. The van der Waals surface area contributed by atoms with Crippen LogP contribution in [0.3, 0.4) is 0 Å². The Balaban J connectivity index is 1.66. The number of hydrogen-bond acceptors (Lipinski definition) is 5. The Kier molecular flexibility index (Phi) is 5.23. The minimum atomic E-state index is -0.0835. The molecule has 6 nitrogen and oxygen atoms in total. The van der Waals surface area contributed by atoms with Gasteiger partial charge < -0.3 is 19.3 Å². The van der Waals surface area contributed by atoms with Crippen molar-refractivity contribution < 1.29 is 19.1 Å². The molecule has 25 heavy (non-hydrogen) atoms. The third-order valence-electron chi connectivity index (χ3n) is 4.22. The number of nitrogens with zero attached hydrogens (tertiary/aromatic N) is 2. The first kappa shape index (κ1) is 17.3. The second kappa shape index (κ2) is 7.57. The van der Waals surface area contributed by atoms with Gasteiger partial charge in [0.2, 0.25) is 0 Å². The number of thiophene rings is 1. The zero-order valence-electron chi connectivity index (χ0n) is 14.2. The van der Waals surface area contributed by atoms with Crippen molar-refractivity contribution >= 4 is 23.2 Å². The number of piperazine rings is 1. The Bertz CT molecular complexity index is 730. The summed E-state index contributed by atoms with van der Waals surface area (Å²) in [6.07, 6.45) is 0. The lowest BCUT2D eigenvalue weighted by molar-refractivity contribution is 0.0535. The lowest BCUT2D eigenvalue weighted by Gasteiger charge is -2.34. The summed E-state index contributed by atoms with van der Waals surface area (Å²) in [5, 5.41) is 3.74. The molecule has 1 aliphatic heterocycles. The maximum Gasteiger partial charge on any atom is 0.254 e. The molecule has 132 valence electrons. The molecule has 0 bridgehead atoms. The molecule has 2 aromatic rings. The van der Waals surface area contributed by atoms with Gasteiger partial charge in [-0.3, -0.25) is 9.59 Å². The molecular weight excluding hydrogens is 340 g/mol. The summed E-state index contributed by atoms with van der Waals surface area (Å²) in [7, 11) is 3.11. The van der Waals surface area contributed by atoms with E-state index in [1.165, 1.54) is 11.3 Å². The molecular formula is C18H20N2O4S. The van der Waals surface area contributed by atoms with Crippen molar-refractivity contribution in [2.45, 2.75) is 0 Å². The van der Waals surface area contributed by atoms with E-state index < -0.39 is 0 Å². The van der Waals surface area contributed by atoms with Crippen LogP contribution >= 0.6 is 11.3 Å². The molecule has 0 saturated carbocycles. The van der Waals surface area contributed by atoms with Crippen molar-refractivity contribution in [2.75, 3.05) is 40.4 Å². The van der Waals surface area contributed by atoms with Crippen molar-refractivity contribution in [3.8, 4) is 11.5 Å². The highest BCUT2D eigenvalue weighted by atomic mass is 32.1. The van der Waals surface area contributed by atoms with Gasteiger partial charge in [0, 0.05) is 43.2 Å². The van der Waals surface area contributed by atoms with Crippen molar-refractivity contribution in [3.63, 3.8) is 0 Å². The minimum Gasteiger partial charge on any atom is -0.497 e. The molecule has 1 aromatic carbocycles. The molecule has 1 saturated heterocycles. The van der Waals surface area contributed by atoms with Gasteiger partial charge in [-0.2, -0.15) is 11.3 Å². The van der Waals surface area contributed by atoms with Crippen molar-refractivity contribution in [1.82, 2.24) is 9.80 Å². The Hall–Kier alpha value is -2.54. The topological polar surface area (TPSA) is 59.1 Å². The molecule has 0 unspecified atom stereocenters. The Morgan fingerprint density at radius 1 is 0.880 bits per heavy atom. The summed E-state index contributed by atoms with van der Waals surface area (Å²) in [4.78, 5) is 28.7. The third kappa shape index (κ3) is 3.76. The van der Waals surface area contributed by atoms with E-state index in [-0.39, 0.29) is 11.8 Å². The fourth-order valence-corrected chi connectivity index (χ4v) is 3.42. The zero-order chi connectivity index (χ0) is 17.8. The van der Waals surface area contributed by atoms with E-state index in [2.05, 4.69) is 0 Å². The Morgan fingerprint density at radius 2 is 1.40 bits per heavy atom. The fraction of sp³-hybridized carbons (Fsp3) is 0.333. The van der Waals surface area contributed by atoms with Crippen molar-refractivity contribution in [3.05, 3.63) is 46.2 Å². The summed E-state index contributed by atoms with van der Waals surface area (Å²) in [6.45, 7) is 2.07. The van der Waals surface area contributed by atoms with Gasteiger partial charge in [-0.1, -0.05) is 0 Å². The second-order valence-electron chi connectivity index (χ2n) is 5.70. The van der Waals surface area contributed by atoms with Crippen LogP contribution in [0.5, 0.6) is 11.5 Å². The van der Waals surface area contributed by atoms with Crippen LogP contribution in [0.15, 0.2) is 35.0 Å². The van der Waals surface area contributed by atoms with Gasteiger partial charge in [-0.25, -0.2) is 0 Å². The molecule has 7 heteroatoms. The molecule has 1 fully saturated rings. The largest absolute Gasteiger partial charge is 0.497 e. The molecule has 2 amide bonds. The maximum atomic E-state index is 12.8. The van der Waals surface area contributed by atoms with Crippen LogP contribution in [0.25, 0.3) is 0 Å². The first-order chi connectivity index (χ1) is 12.1. The van der Waals surface area contributed by atoms with Crippen LogP contribution in [-0.4, -0.2) is 62.0 Å². The van der Waals surface area contributed by atoms with Gasteiger partial charge in [-0.15, -0.1) is 0 Å². The molecule has 3 rings (SSSR count). The summed E-state index contributed by atoms with van der Waals surface area (Å²) in [5.41, 5.74) is 1.23. The highest BCUT2D eigenvalue weighted by molar-refractivity contribution is 7.08. The number of rotatable bonds is 4. The third-order valence-corrected chi connectivity index (χ3v) is 4.90. The van der Waals surface area contributed by atoms with Gasteiger partial charge in [0.25, 0.3) is 11.8 Å². The maximum absolute atomic E-state index is 12.8. The van der Waals surface area contributed by atoms with E-state index in [1.807, 2.05) is 16.8 Å². The molecule has 0 radical (unpaired) electrons. The SMILES string of the molecule is COc1cc(OC)cc(C(=O)N2CCN(C(=O)c3ccsc3)CC2)c1. The predicted molar refractivity (Wildman–Crippen MR) is 95.7 cm³/mol. The number of carbonyl (C=O) groups is 2. The summed E-state index contributed by atoms with van der Waals surface area (Å²) in [5.74, 6) is 1.10. The van der Waals surface area contributed by atoms with Crippen molar-refractivity contribution in [1.29, 1.82) is 0 Å². The molecule has 0 atom stereocenters. The van der Waals surface area contributed by atoms with E-state index in [1.54, 1.807) is 42.2 Å². The molecule has 2 heterocycles. The van der Waals surface area contributed by atoms with Gasteiger partial charge in [0.05, 0.1) is 19.8 Å². The van der Waals surface area contributed by atoms with E-state index >= 15 is 0 Å². The predicted octanol–water partition coefficient (Wildman–Crippen LogP) is 2.36. The van der Waals surface area contributed by atoms with Crippen LogP contribution in [0, 0.1) is 0 Å². The van der Waals surface area contributed by atoms with Gasteiger partial charge in [-0.05, 0) is 23.6 Å². The monoisotopic (exact) mass is 360 g/mol. The van der Waals surface area contributed by atoms with Crippen molar-refractivity contribution in [2.24, 2.45) is 0 Å². The number of ether oxygens (including phenoxy) is 2. The normalized spacial score (nSPS) is 14.3. The molecule has 1 aliphatic rings. The highest BCUT2D eigenvalue weighted by Crippen LogP contribution is 2.24. The van der Waals surface area contributed by atoms with E-state index in [0.717, 1.165) is 0 Å². The number of amides is 2. The number of methoxy groups -OCH3 is 2.